The van der Waals surface area contributed by atoms with Crippen molar-refractivity contribution in [3.8, 4) is 0 Å². The molecule has 12 heteroatoms. The third kappa shape index (κ3) is 5.67. The first-order valence-corrected chi connectivity index (χ1v) is 11.9. The van der Waals surface area contributed by atoms with E-state index in [1.807, 2.05) is 0 Å². The lowest BCUT2D eigenvalue weighted by Gasteiger charge is -2.26. The number of hydrogen-bond donors (Lipinski definition) is 1. The fourth-order valence-corrected chi connectivity index (χ4v) is 5.45. The first kappa shape index (κ1) is 24.6. The number of rotatable bonds is 7. The van der Waals surface area contributed by atoms with Crippen molar-refractivity contribution in [2.75, 3.05) is 25.0 Å². The van der Waals surface area contributed by atoms with E-state index in [0.29, 0.717) is 13.1 Å². The highest BCUT2D eigenvalue weighted by Gasteiger charge is 2.29. The molecule has 1 heterocycles. The zero-order valence-corrected chi connectivity index (χ0v) is 19.3. The number of piperidine rings is 1. The number of carbonyl (C=O) groups is 2. The van der Waals surface area contributed by atoms with Crippen LogP contribution in [-0.2, 0) is 19.6 Å². The molecule has 3 rings (SSSR count). The molecule has 1 amide bonds. The fraction of sp³-hybridized carbons (Fsp3) is 0.333. The van der Waals surface area contributed by atoms with Gasteiger partial charge in [0.15, 0.2) is 6.61 Å². The molecule has 0 unspecified atom stereocenters. The molecule has 1 fully saturated rings. The smallest absolute Gasteiger partial charge is 0.338 e. The molecular formula is C21H22ClN3O7S. The molecule has 1 saturated heterocycles. The van der Waals surface area contributed by atoms with Gasteiger partial charge in [0.05, 0.1) is 26.8 Å². The molecule has 2 aromatic carbocycles. The second kappa shape index (κ2) is 10.3. The Balaban J connectivity index is 1.69. The van der Waals surface area contributed by atoms with Crippen LogP contribution in [0, 0.1) is 17.0 Å². The van der Waals surface area contributed by atoms with Crippen LogP contribution < -0.4 is 5.32 Å². The molecule has 0 aromatic heterocycles. The molecule has 10 nitrogen and oxygen atoms in total. The van der Waals surface area contributed by atoms with Crippen molar-refractivity contribution in [2.45, 2.75) is 31.1 Å². The maximum atomic E-state index is 12.9. The number of ether oxygens (including phenoxy) is 1. The van der Waals surface area contributed by atoms with Crippen LogP contribution in [0.4, 0.5) is 11.4 Å². The molecule has 0 radical (unpaired) electrons. The summed E-state index contributed by atoms with van der Waals surface area (Å²) in [7, 11) is -3.88. The van der Waals surface area contributed by atoms with Crippen LogP contribution >= 0.6 is 11.6 Å². The minimum absolute atomic E-state index is 0.0176. The van der Waals surface area contributed by atoms with Crippen LogP contribution in [0.3, 0.4) is 0 Å². The van der Waals surface area contributed by atoms with Gasteiger partial charge in [-0.05, 0) is 44.0 Å². The number of halogens is 1. The summed E-state index contributed by atoms with van der Waals surface area (Å²) in [5.74, 6) is -1.62. The Morgan fingerprint density at radius 2 is 1.88 bits per heavy atom. The monoisotopic (exact) mass is 495 g/mol. The molecule has 1 aliphatic rings. The highest BCUT2D eigenvalue weighted by Crippen LogP contribution is 2.28. The van der Waals surface area contributed by atoms with Crippen LogP contribution in [0.25, 0.3) is 0 Å². The van der Waals surface area contributed by atoms with E-state index in [4.69, 9.17) is 16.3 Å². The molecule has 0 saturated carbocycles. The SMILES string of the molecule is Cc1c(NC(=O)COC(=O)c2ccc(Cl)c(S(=O)(=O)N3CCCCC3)c2)cccc1[N+](=O)[O-]. The van der Waals surface area contributed by atoms with Gasteiger partial charge in [-0.1, -0.05) is 24.1 Å². The van der Waals surface area contributed by atoms with Gasteiger partial charge in [0, 0.05) is 19.2 Å². The average molecular weight is 496 g/mol. The van der Waals surface area contributed by atoms with Gasteiger partial charge in [-0.3, -0.25) is 14.9 Å². The summed E-state index contributed by atoms with van der Waals surface area (Å²) in [6.07, 6.45) is 2.44. The number of benzene rings is 2. The van der Waals surface area contributed by atoms with Crippen molar-refractivity contribution in [3.63, 3.8) is 0 Å². The first-order valence-electron chi connectivity index (χ1n) is 10.1. The van der Waals surface area contributed by atoms with Crippen LogP contribution in [0.1, 0.15) is 35.2 Å². The molecule has 1 N–H and O–H groups in total. The number of nitro benzene ring substituents is 1. The minimum atomic E-state index is -3.88. The highest BCUT2D eigenvalue weighted by molar-refractivity contribution is 7.89. The predicted molar refractivity (Wildman–Crippen MR) is 121 cm³/mol. The van der Waals surface area contributed by atoms with E-state index >= 15 is 0 Å². The molecule has 1 aliphatic heterocycles. The maximum Gasteiger partial charge on any atom is 0.338 e. The number of nitrogens with zero attached hydrogens (tertiary/aromatic N) is 2. The molecular weight excluding hydrogens is 474 g/mol. The van der Waals surface area contributed by atoms with E-state index in [2.05, 4.69) is 5.32 Å². The molecule has 0 bridgehead atoms. The molecule has 0 aliphatic carbocycles. The first-order chi connectivity index (χ1) is 15.6. The van der Waals surface area contributed by atoms with Crippen molar-refractivity contribution in [2.24, 2.45) is 0 Å². The average Bonchev–Trinajstić information content (AvgIpc) is 2.79. The van der Waals surface area contributed by atoms with Crippen molar-refractivity contribution < 1.29 is 27.7 Å². The number of anilines is 1. The quantitative estimate of drug-likeness (QED) is 0.352. The second-order valence-electron chi connectivity index (χ2n) is 7.44. The van der Waals surface area contributed by atoms with Gasteiger partial charge in [0.25, 0.3) is 11.6 Å². The van der Waals surface area contributed by atoms with E-state index < -0.39 is 33.4 Å². The Hall–Kier alpha value is -3.02. The number of esters is 1. The van der Waals surface area contributed by atoms with E-state index in [1.165, 1.54) is 41.6 Å². The number of nitrogens with one attached hydrogen (secondary N) is 1. The standard InChI is InChI=1S/C21H22ClN3O7S/c1-14-17(6-5-7-18(14)25(28)29)23-20(26)13-32-21(27)15-8-9-16(22)19(12-15)33(30,31)24-10-3-2-4-11-24/h5-9,12H,2-4,10-11,13H2,1H3,(H,23,26). The van der Waals surface area contributed by atoms with Crippen LogP contribution in [0.2, 0.25) is 5.02 Å². The third-order valence-corrected chi connectivity index (χ3v) is 7.59. The number of hydrogen-bond acceptors (Lipinski definition) is 7. The van der Waals surface area contributed by atoms with E-state index in [9.17, 15) is 28.1 Å². The summed E-state index contributed by atoms with van der Waals surface area (Å²) in [6, 6.07) is 7.95. The van der Waals surface area contributed by atoms with Gasteiger partial charge in [-0.15, -0.1) is 0 Å². The Morgan fingerprint density at radius 3 is 2.55 bits per heavy atom. The Kier molecular flexibility index (Phi) is 7.67. The highest BCUT2D eigenvalue weighted by atomic mass is 35.5. The summed E-state index contributed by atoms with van der Waals surface area (Å²) in [4.78, 5) is 34.9. The predicted octanol–water partition coefficient (Wildman–Crippen LogP) is 3.53. The van der Waals surface area contributed by atoms with Crippen LogP contribution in [0.15, 0.2) is 41.3 Å². The van der Waals surface area contributed by atoms with Crippen molar-refractivity contribution in [1.82, 2.24) is 4.31 Å². The third-order valence-electron chi connectivity index (χ3n) is 5.21. The molecule has 33 heavy (non-hydrogen) atoms. The number of amides is 1. The minimum Gasteiger partial charge on any atom is -0.452 e. The van der Waals surface area contributed by atoms with Gasteiger partial charge >= 0.3 is 5.97 Å². The fourth-order valence-electron chi connectivity index (χ4n) is 3.43. The van der Waals surface area contributed by atoms with Crippen LogP contribution in [-0.4, -0.2) is 49.2 Å². The number of sulfonamides is 1. The lowest BCUT2D eigenvalue weighted by atomic mass is 10.1. The van der Waals surface area contributed by atoms with Crippen molar-refractivity contribution in [3.05, 3.63) is 62.7 Å². The maximum absolute atomic E-state index is 12.9. The summed E-state index contributed by atoms with van der Waals surface area (Å²) in [5.41, 5.74) is 0.238. The van der Waals surface area contributed by atoms with E-state index in [-0.39, 0.29) is 32.4 Å². The molecule has 176 valence electrons. The summed E-state index contributed by atoms with van der Waals surface area (Å²) in [6.45, 7) is 1.57. The summed E-state index contributed by atoms with van der Waals surface area (Å²) >= 11 is 6.10. The van der Waals surface area contributed by atoms with Crippen molar-refractivity contribution >= 4 is 44.9 Å². The number of nitro groups is 1. The molecule has 0 atom stereocenters. The Bertz CT molecular complexity index is 1190. The van der Waals surface area contributed by atoms with E-state index in [1.54, 1.807) is 0 Å². The summed E-state index contributed by atoms with van der Waals surface area (Å²) < 4.78 is 32.2. The zero-order chi connectivity index (χ0) is 24.2. The van der Waals surface area contributed by atoms with Gasteiger partial charge < -0.3 is 10.1 Å². The van der Waals surface area contributed by atoms with Gasteiger partial charge in [-0.2, -0.15) is 4.31 Å². The number of carbonyl (C=O) groups excluding carboxylic acids is 2. The normalized spacial score (nSPS) is 14.5. The van der Waals surface area contributed by atoms with Crippen molar-refractivity contribution in [1.29, 1.82) is 0 Å². The Labute approximate surface area is 195 Å². The van der Waals surface area contributed by atoms with E-state index in [0.717, 1.165) is 25.3 Å². The van der Waals surface area contributed by atoms with Crippen LogP contribution in [0.5, 0.6) is 0 Å². The summed E-state index contributed by atoms with van der Waals surface area (Å²) in [5, 5.41) is 13.5. The lowest BCUT2D eigenvalue weighted by molar-refractivity contribution is -0.385. The van der Waals surface area contributed by atoms with Gasteiger partial charge in [-0.25, -0.2) is 13.2 Å². The Morgan fingerprint density at radius 1 is 1.18 bits per heavy atom. The second-order valence-corrected chi connectivity index (χ2v) is 9.75. The van der Waals surface area contributed by atoms with Gasteiger partial charge in [0.1, 0.15) is 4.90 Å². The molecule has 2 aromatic rings. The lowest BCUT2D eigenvalue weighted by Crippen LogP contribution is -2.35. The molecule has 0 spiro atoms. The largest absolute Gasteiger partial charge is 0.452 e. The topological polar surface area (TPSA) is 136 Å². The van der Waals surface area contributed by atoms with Gasteiger partial charge in [0.2, 0.25) is 10.0 Å². The zero-order valence-electron chi connectivity index (χ0n) is 17.7.